The molecule has 0 spiro atoms. The van der Waals surface area contributed by atoms with E-state index < -0.39 is 5.54 Å². The van der Waals surface area contributed by atoms with Crippen molar-refractivity contribution in [3.63, 3.8) is 0 Å². The van der Waals surface area contributed by atoms with Gasteiger partial charge in [-0.2, -0.15) is 12.6 Å². The molecule has 0 atom stereocenters. The molecule has 28 heavy (non-hydrogen) atoms. The lowest BCUT2D eigenvalue weighted by atomic mass is 9.90. The summed E-state index contributed by atoms with van der Waals surface area (Å²) in [6, 6.07) is 16.6. The molecule has 1 saturated heterocycles. The minimum atomic E-state index is -0.517. The molecule has 5 heteroatoms. The van der Waals surface area contributed by atoms with Crippen molar-refractivity contribution in [1.29, 1.82) is 0 Å². The summed E-state index contributed by atoms with van der Waals surface area (Å²) in [5, 5.41) is 0. The van der Waals surface area contributed by atoms with Crippen LogP contribution in [-0.2, 0) is 4.74 Å². The Bertz CT molecular complexity index is 766. The Morgan fingerprint density at radius 1 is 1.04 bits per heavy atom. The van der Waals surface area contributed by atoms with Gasteiger partial charge in [-0.25, -0.2) is 0 Å². The van der Waals surface area contributed by atoms with Crippen LogP contribution in [0.5, 0.6) is 0 Å². The van der Waals surface area contributed by atoms with Gasteiger partial charge in [0.1, 0.15) is 0 Å². The van der Waals surface area contributed by atoms with Gasteiger partial charge in [0.2, 0.25) is 0 Å². The quantitative estimate of drug-likeness (QED) is 0.282. The van der Waals surface area contributed by atoms with Crippen LogP contribution in [-0.4, -0.2) is 54.0 Å². The molecular weight excluding hydrogens is 386 g/mol. The van der Waals surface area contributed by atoms with Gasteiger partial charge in [-0.3, -0.25) is 9.69 Å². The van der Waals surface area contributed by atoms with E-state index in [0.717, 1.165) is 42.1 Å². The van der Waals surface area contributed by atoms with E-state index in [0.29, 0.717) is 13.2 Å². The number of hydrogen-bond donors (Lipinski definition) is 1. The number of carbonyl (C=O) groups is 1. The van der Waals surface area contributed by atoms with Gasteiger partial charge < -0.3 is 4.74 Å². The molecule has 0 radical (unpaired) electrons. The zero-order valence-corrected chi connectivity index (χ0v) is 18.4. The Morgan fingerprint density at radius 3 is 2.18 bits per heavy atom. The van der Waals surface area contributed by atoms with Gasteiger partial charge in [-0.15, -0.1) is 11.8 Å². The summed E-state index contributed by atoms with van der Waals surface area (Å²) in [6.45, 7) is 7.01. The average molecular weight is 416 g/mol. The van der Waals surface area contributed by atoms with E-state index in [-0.39, 0.29) is 5.78 Å². The van der Waals surface area contributed by atoms with Gasteiger partial charge in [0.05, 0.1) is 18.8 Å². The lowest BCUT2D eigenvalue weighted by molar-refractivity contribution is -0.00429. The highest BCUT2D eigenvalue weighted by molar-refractivity contribution is 7.99. The van der Waals surface area contributed by atoms with E-state index in [4.69, 9.17) is 4.74 Å². The van der Waals surface area contributed by atoms with Gasteiger partial charge in [-0.05, 0) is 55.0 Å². The Balaban J connectivity index is 1.68. The number of thioether (sulfide) groups is 1. The smallest absolute Gasteiger partial charge is 0.182 e. The second kappa shape index (κ2) is 9.97. The third-order valence-electron chi connectivity index (χ3n) is 5.26. The van der Waals surface area contributed by atoms with Crippen molar-refractivity contribution in [2.75, 3.05) is 37.8 Å². The lowest BCUT2D eigenvalue weighted by Crippen LogP contribution is -2.54. The van der Waals surface area contributed by atoms with Crippen LogP contribution >= 0.6 is 24.4 Å². The minimum Gasteiger partial charge on any atom is -0.379 e. The highest BCUT2D eigenvalue weighted by atomic mass is 32.2. The van der Waals surface area contributed by atoms with Crippen LogP contribution in [0.15, 0.2) is 53.4 Å². The molecular formula is C23H29NO2S2. The first-order valence-corrected chi connectivity index (χ1v) is 11.5. The van der Waals surface area contributed by atoms with E-state index in [1.807, 2.05) is 49.9 Å². The van der Waals surface area contributed by atoms with Crippen LogP contribution < -0.4 is 0 Å². The van der Waals surface area contributed by atoms with Crippen LogP contribution in [0.3, 0.4) is 0 Å². The summed E-state index contributed by atoms with van der Waals surface area (Å²) < 4.78 is 5.42. The second-order valence-electron chi connectivity index (χ2n) is 7.51. The number of ketones is 1. The molecule has 0 aromatic heterocycles. The molecule has 3 rings (SSSR count). The normalized spacial score (nSPS) is 15.5. The molecule has 3 nitrogen and oxygen atoms in total. The predicted molar refractivity (Wildman–Crippen MR) is 122 cm³/mol. The molecule has 0 saturated carbocycles. The third kappa shape index (κ3) is 5.20. The highest BCUT2D eigenvalue weighted by Crippen LogP contribution is 2.27. The van der Waals surface area contributed by atoms with E-state index in [9.17, 15) is 4.79 Å². The monoisotopic (exact) mass is 415 g/mol. The van der Waals surface area contributed by atoms with Crippen LogP contribution in [0.4, 0.5) is 0 Å². The maximum atomic E-state index is 13.1. The molecule has 0 bridgehead atoms. The standard InChI is InChI=1S/C23H29NO2S2/c1-23(2,24-12-14-26-15-13-24)22(25)20-6-4-18(5-7-20)19-8-10-21(11-9-19)28-17-3-16-27/h4-11,27H,3,12-17H2,1-2H3. The van der Waals surface area contributed by atoms with E-state index in [2.05, 4.69) is 41.8 Å². The molecule has 1 aliphatic heterocycles. The molecule has 150 valence electrons. The summed E-state index contributed by atoms with van der Waals surface area (Å²) in [6.07, 6.45) is 1.12. The average Bonchev–Trinajstić information content (AvgIpc) is 2.75. The number of rotatable bonds is 8. The molecule has 0 aliphatic carbocycles. The Morgan fingerprint density at radius 2 is 1.61 bits per heavy atom. The fourth-order valence-electron chi connectivity index (χ4n) is 3.43. The maximum Gasteiger partial charge on any atom is 0.182 e. The van der Waals surface area contributed by atoms with Crippen molar-refractivity contribution >= 4 is 30.2 Å². The van der Waals surface area contributed by atoms with Crippen LogP contribution in [0.25, 0.3) is 11.1 Å². The topological polar surface area (TPSA) is 29.5 Å². The minimum absolute atomic E-state index is 0.164. The molecule has 1 aliphatic rings. The van der Waals surface area contributed by atoms with Crippen molar-refractivity contribution in [1.82, 2.24) is 4.90 Å². The molecule has 1 fully saturated rings. The van der Waals surface area contributed by atoms with E-state index in [1.165, 1.54) is 10.5 Å². The zero-order chi connectivity index (χ0) is 20.0. The molecule has 0 N–H and O–H groups in total. The number of hydrogen-bond acceptors (Lipinski definition) is 5. The molecule has 2 aromatic rings. The van der Waals surface area contributed by atoms with Crippen LogP contribution in [0.1, 0.15) is 30.6 Å². The molecule has 0 amide bonds. The fourth-order valence-corrected chi connectivity index (χ4v) is 4.66. The maximum absolute atomic E-state index is 13.1. The van der Waals surface area contributed by atoms with Crippen molar-refractivity contribution in [2.24, 2.45) is 0 Å². The number of thiol groups is 1. The first kappa shape index (κ1) is 21.4. The number of nitrogens with zero attached hydrogens (tertiary/aromatic N) is 1. The van der Waals surface area contributed by atoms with Crippen LogP contribution in [0, 0.1) is 0 Å². The molecule has 0 unspecified atom stereocenters. The first-order chi connectivity index (χ1) is 13.5. The second-order valence-corrected chi connectivity index (χ2v) is 9.13. The fraction of sp³-hybridized carbons (Fsp3) is 0.435. The number of carbonyl (C=O) groups excluding carboxylic acids is 1. The number of Topliss-reactive ketones (excluding diaryl/α,β-unsaturated/α-hetero) is 1. The van der Waals surface area contributed by atoms with Gasteiger partial charge >= 0.3 is 0 Å². The Labute approximate surface area is 178 Å². The summed E-state index contributed by atoms with van der Waals surface area (Å²) >= 11 is 6.12. The summed E-state index contributed by atoms with van der Waals surface area (Å²) in [7, 11) is 0. The summed E-state index contributed by atoms with van der Waals surface area (Å²) in [5.74, 6) is 2.19. The van der Waals surface area contributed by atoms with Crippen molar-refractivity contribution < 1.29 is 9.53 Å². The third-order valence-corrected chi connectivity index (χ3v) is 6.68. The van der Waals surface area contributed by atoms with Gasteiger partial charge in [0.15, 0.2) is 5.78 Å². The van der Waals surface area contributed by atoms with E-state index >= 15 is 0 Å². The molecule has 2 aromatic carbocycles. The van der Waals surface area contributed by atoms with Gasteiger partial charge in [0, 0.05) is 23.5 Å². The first-order valence-electron chi connectivity index (χ1n) is 9.84. The Kier molecular flexibility index (Phi) is 7.63. The Hall–Kier alpha value is -1.27. The number of benzene rings is 2. The van der Waals surface area contributed by atoms with E-state index in [1.54, 1.807) is 0 Å². The summed E-state index contributed by atoms with van der Waals surface area (Å²) in [5.41, 5.74) is 2.55. The van der Waals surface area contributed by atoms with Gasteiger partial charge in [-0.1, -0.05) is 36.4 Å². The predicted octanol–water partition coefficient (Wildman–Crippen LogP) is 5.06. The molecule has 1 heterocycles. The zero-order valence-electron chi connectivity index (χ0n) is 16.7. The number of ether oxygens (including phenoxy) is 1. The highest BCUT2D eigenvalue weighted by Gasteiger charge is 2.35. The largest absolute Gasteiger partial charge is 0.379 e. The number of morpholine rings is 1. The van der Waals surface area contributed by atoms with Crippen molar-refractivity contribution in [3.05, 3.63) is 54.1 Å². The van der Waals surface area contributed by atoms with Gasteiger partial charge in [0.25, 0.3) is 0 Å². The summed E-state index contributed by atoms with van der Waals surface area (Å²) in [4.78, 5) is 16.6. The SMILES string of the molecule is CC(C)(C(=O)c1ccc(-c2ccc(SCCCS)cc2)cc1)N1CCOCC1. The van der Waals surface area contributed by atoms with Crippen molar-refractivity contribution in [3.8, 4) is 11.1 Å². The lowest BCUT2D eigenvalue weighted by Gasteiger charge is -2.39. The van der Waals surface area contributed by atoms with Crippen LogP contribution in [0.2, 0.25) is 0 Å². The van der Waals surface area contributed by atoms with Crippen molar-refractivity contribution in [2.45, 2.75) is 30.7 Å².